The molecule has 0 saturated carbocycles. The molecule has 0 aliphatic rings. The van der Waals surface area contributed by atoms with Gasteiger partial charge in [-0.05, 0) is 56.4 Å². The van der Waals surface area contributed by atoms with E-state index in [-0.39, 0.29) is 0 Å². The van der Waals surface area contributed by atoms with E-state index in [1.807, 2.05) is 19.2 Å². The molecule has 0 radical (unpaired) electrons. The maximum absolute atomic E-state index is 5.28. The van der Waals surface area contributed by atoms with E-state index in [4.69, 9.17) is 4.52 Å². The number of benzene rings is 1. The van der Waals surface area contributed by atoms with Crippen LogP contribution in [-0.4, -0.2) is 21.4 Å². The van der Waals surface area contributed by atoms with Crippen LogP contribution in [0, 0.1) is 20.8 Å². The van der Waals surface area contributed by atoms with Gasteiger partial charge in [0, 0.05) is 11.9 Å². The van der Waals surface area contributed by atoms with Crippen molar-refractivity contribution in [3.05, 3.63) is 47.3 Å². The van der Waals surface area contributed by atoms with Crippen LogP contribution < -0.4 is 5.32 Å². The van der Waals surface area contributed by atoms with Crippen molar-refractivity contribution in [2.45, 2.75) is 25.8 Å². The fraction of sp³-hybridized carbons (Fsp3) is 0.235. The van der Waals surface area contributed by atoms with Gasteiger partial charge in [0.25, 0.3) is 0 Å². The third-order valence-electron chi connectivity index (χ3n) is 3.41. The summed E-state index contributed by atoms with van der Waals surface area (Å²) >= 11 is 1.54. The topological polar surface area (TPSA) is 63.8 Å². The lowest BCUT2D eigenvalue weighted by Crippen LogP contribution is -1.99. The molecule has 0 saturated heterocycles. The first-order valence-electron chi connectivity index (χ1n) is 7.26. The molecule has 2 heterocycles. The lowest BCUT2D eigenvalue weighted by Gasteiger charge is -2.08. The molecule has 118 valence electrons. The molecule has 6 heteroatoms. The van der Waals surface area contributed by atoms with Crippen LogP contribution in [0.1, 0.15) is 16.9 Å². The van der Waals surface area contributed by atoms with Gasteiger partial charge in [-0.25, -0.2) is 9.97 Å². The van der Waals surface area contributed by atoms with Gasteiger partial charge in [-0.3, -0.25) is 0 Å². The third kappa shape index (κ3) is 3.37. The van der Waals surface area contributed by atoms with Crippen LogP contribution in [0.2, 0.25) is 0 Å². The van der Waals surface area contributed by atoms with Crippen molar-refractivity contribution < 1.29 is 4.52 Å². The molecule has 0 aliphatic heterocycles. The average molecular weight is 326 g/mol. The Morgan fingerprint density at radius 2 is 1.83 bits per heavy atom. The number of hydrogen-bond acceptors (Lipinski definition) is 6. The Hall–Kier alpha value is -2.34. The van der Waals surface area contributed by atoms with Crippen molar-refractivity contribution in [3.63, 3.8) is 0 Å². The molecule has 0 aliphatic carbocycles. The first-order valence-corrected chi connectivity index (χ1v) is 8.48. The van der Waals surface area contributed by atoms with Gasteiger partial charge < -0.3 is 9.84 Å². The molecule has 0 unspecified atom stereocenters. The summed E-state index contributed by atoms with van der Waals surface area (Å²) < 4.78 is 5.28. The van der Waals surface area contributed by atoms with E-state index in [0.29, 0.717) is 5.95 Å². The molecule has 3 rings (SSSR count). The summed E-state index contributed by atoms with van der Waals surface area (Å²) in [6, 6.07) is 8.14. The predicted molar refractivity (Wildman–Crippen MR) is 93.2 cm³/mol. The Morgan fingerprint density at radius 1 is 1.09 bits per heavy atom. The van der Waals surface area contributed by atoms with Crippen molar-refractivity contribution in [3.8, 4) is 11.3 Å². The maximum Gasteiger partial charge on any atom is 0.227 e. The first-order chi connectivity index (χ1) is 11.1. The van der Waals surface area contributed by atoms with Gasteiger partial charge in [-0.1, -0.05) is 11.2 Å². The second-order valence-electron chi connectivity index (χ2n) is 5.39. The summed E-state index contributed by atoms with van der Waals surface area (Å²) in [6.07, 6.45) is 3.71. The van der Waals surface area contributed by atoms with Gasteiger partial charge in [0.05, 0.1) is 11.3 Å². The maximum atomic E-state index is 5.28. The van der Waals surface area contributed by atoms with E-state index in [0.717, 1.165) is 27.7 Å². The monoisotopic (exact) mass is 326 g/mol. The lowest BCUT2D eigenvalue weighted by molar-refractivity contribution is 0.384. The highest BCUT2D eigenvalue weighted by Gasteiger charge is 2.16. The van der Waals surface area contributed by atoms with E-state index >= 15 is 0 Å². The number of aryl methyl sites for hydroxylation is 3. The van der Waals surface area contributed by atoms with Gasteiger partial charge in [0.2, 0.25) is 5.95 Å². The van der Waals surface area contributed by atoms with Crippen LogP contribution in [0.4, 0.5) is 11.6 Å². The van der Waals surface area contributed by atoms with Crippen molar-refractivity contribution >= 4 is 23.4 Å². The minimum atomic E-state index is 0.556. The van der Waals surface area contributed by atoms with Gasteiger partial charge in [-0.15, -0.1) is 11.8 Å². The number of rotatable bonds is 4. The van der Waals surface area contributed by atoms with Crippen molar-refractivity contribution in [1.82, 2.24) is 15.1 Å². The predicted octanol–water partition coefficient (Wildman–Crippen LogP) is 4.52. The van der Waals surface area contributed by atoms with E-state index in [9.17, 15) is 0 Å². The Balaban J connectivity index is 1.95. The summed E-state index contributed by atoms with van der Waals surface area (Å²) in [5.74, 6) is 1.31. The van der Waals surface area contributed by atoms with Gasteiger partial charge in [-0.2, -0.15) is 0 Å². The van der Waals surface area contributed by atoms with E-state index < -0.39 is 0 Å². The minimum absolute atomic E-state index is 0.556. The fourth-order valence-corrected chi connectivity index (χ4v) is 3.08. The summed E-state index contributed by atoms with van der Waals surface area (Å²) in [6.45, 7) is 6.03. The highest BCUT2D eigenvalue weighted by Crippen LogP contribution is 2.31. The number of aromatic nitrogens is 3. The van der Waals surface area contributed by atoms with Crippen LogP contribution in [0.3, 0.4) is 0 Å². The van der Waals surface area contributed by atoms with Gasteiger partial charge >= 0.3 is 0 Å². The number of anilines is 2. The zero-order chi connectivity index (χ0) is 16.4. The summed E-state index contributed by atoms with van der Waals surface area (Å²) in [4.78, 5) is 8.91. The molecular formula is C17H18N4OS. The van der Waals surface area contributed by atoms with Gasteiger partial charge in [0.1, 0.15) is 10.8 Å². The SMILES string of the molecule is CSc1noc(C)c1-c1ccnc(Nc2cc(C)cc(C)c2)n1. The fourth-order valence-electron chi connectivity index (χ4n) is 2.52. The molecule has 5 nitrogen and oxygen atoms in total. The first kappa shape index (κ1) is 15.6. The minimum Gasteiger partial charge on any atom is -0.360 e. The third-order valence-corrected chi connectivity index (χ3v) is 4.08. The van der Waals surface area contributed by atoms with E-state index in [1.165, 1.54) is 22.9 Å². The van der Waals surface area contributed by atoms with Crippen molar-refractivity contribution in [2.75, 3.05) is 11.6 Å². The Morgan fingerprint density at radius 3 is 2.52 bits per heavy atom. The molecule has 0 spiro atoms. The lowest BCUT2D eigenvalue weighted by atomic mass is 10.1. The van der Waals surface area contributed by atoms with Crippen molar-refractivity contribution in [1.29, 1.82) is 0 Å². The molecule has 1 N–H and O–H groups in total. The smallest absolute Gasteiger partial charge is 0.227 e. The van der Waals surface area contributed by atoms with E-state index in [2.05, 4.69) is 52.5 Å². The Bertz CT molecular complexity index is 824. The summed E-state index contributed by atoms with van der Waals surface area (Å²) in [7, 11) is 0. The largest absolute Gasteiger partial charge is 0.360 e. The van der Waals surface area contributed by atoms with Crippen LogP contribution in [0.25, 0.3) is 11.3 Å². The van der Waals surface area contributed by atoms with Crippen LogP contribution >= 0.6 is 11.8 Å². The quantitative estimate of drug-likeness (QED) is 0.711. The molecule has 0 fully saturated rings. The molecular weight excluding hydrogens is 308 g/mol. The molecule has 0 bridgehead atoms. The molecule has 3 aromatic rings. The standard InChI is InChI=1S/C17H18N4OS/c1-10-7-11(2)9-13(8-10)19-17-18-6-5-14(20-17)15-12(3)22-21-16(15)23-4/h5-9H,1-4H3,(H,18,19,20). The second-order valence-corrected chi connectivity index (χ2v) is 6.18. The van der Waals surface area contributed by atoms with Crippen molar-refractivity contribution in [2.24, 2.45) is 0 Å². The van der Waals surface area contributed by atoms with E-state index in [1.54, 1.807) is 6.20 Å². The Labute approximate surface area is 139 Å². The molecule has 0 atom stereocenters. The number of nitrogens with one attached hydrogen (secondary N) is 1. The zero-order valence-corrected chi connectivity index (χ0v) is 14.4. The molecule has 2 aromatic heterocycles. The highest BCUT2D eigenvalue weighted by atomic mass is 32.2. The summed E-state index contributed by atoms with van der Waals surface area (Å²) in [5.41, 5.74) is 5.09. The number of nitrogens with zero attached hydrogens (tertiary/aromatic N) is 3. The molecule has 1 aromatic carbocycles. The van der Waals surface area contributed by atoms with Gasteiger partial charge in [0.15, 0.2) is 0 Å². The van der Waals surface area contributed by atoms with Crippen LogP contribution in [0.5, 0.6) is 0 Å². The zero-order valence-electron chi connectivity index (χ0n) is 13.5. The summed E-state index contributed by atoms with van der Waals surface area (Å²) in [5, 5.41) is 8.15. The number of hydrogen-bond donors (Lipinski definition) is 1. The molecule has 0 amide bonds. The highest BCUT2D eigenvalue weighted by molar-refractivity contribution is 7.98. The normalized spacial score (nSPS) is 10.8. The average Bonchev–Trinajstić information content (AvgIpc) is 2.87. The molecule has 23 heavy (non-hydrogen) atoms. The van der Waals surface area contributed by atoms with Crippen LogP contribution in [-0.2, 0) is 0 Å². The Kier molecular flexibility index (Phi) is 4.34. The second kappa shape index (κ2) is 6.42. The van der Waals surface area contributed by atoms with Crippen LogP contribution in [0.15, 0.2) is 40.0 Å². The number of thioether (sulfide) groups is 1.